The highest BCUT2D eigenvalue weighted by molar-refractivity contribution is 6.08. The van der Waals surface area contributed by atoms with Gasteiger partial charge in [-0.25, -0.2) is 19.9 Å². The van der Waals surface area contributed by atoms with Crippen molar-refractivity contribution >= 4 is 65.2 Å². The maximum atomic E-state index is 5.31. The molecule has 278 valence electrons. The van der Waals surface area contributed by atoms with E-state index in [1.807, 2.05) is 18.2 Å². The maximum Gasteiger partial charge on any atom is 0.0972 e. The minimum absolute atomic E-state index is 0.897. The zero-order valence-electron chi connectivity index (χ0n) is 32.4. The second-order valence-corrected chi connectivity index (χ2v) is 15.4. The Morgan fingerprint density at radius 2 is 0.700 bits per heavy atom. The van der Waals surface area contributed by atoms with Crippen molar-refractivity contribution in [1.29, 1.82) is 0 Å². The lowest BCUT2D eigenvalue weighted by Crippen LogP contribution is -1.93. The number of hydrogen-bond acceptors (Lipinski definition) is 4. The Kier molecular flexibility index (Phi) is 7.82. The maximum absolute atomic E-state index is 5.31. The molecule has 60 heavy (non-hydrogen) atoms. The molecule has 0 atom stereocenters. The van der Waals surface area contributed by atoms with Crippen molar-refractivity contribution in [2.24, 2.45) is 0 Å². The van der Waals surface area contributed by atoms with Crippen LogP contribution in [0.2, 0.25) is 0 Å². The Morgan fingerprint density at radius 1 is 0.233 bits per heavy atom. The molecule has 0 radical (unpaired) electrons. The Balaban J connectivity index is 0.923. The summed E-state index contributed by atoms with van der Waals surface area (Å²) in [6.07, 6.45) is 0. The Bertz CT molecular complexity index is 3660. The molecule has 0 unspecified atom stereocenters. The minimum atomic E-state index is 0.897. The molecule has 12 aromatic rings. The van der Waals surface area contributed by atoms with Crippen molar-refractivity contribution in [3.05, 3.63) is 206 Å². The summed E-state index contributed by atoms with van der Waals surface area (Å²) in [6.45, 7) is 0. The summed E-state index contributed by atoms with van der Waals surface area (Å²) in [6, 6.07) is 72.7. The van der Waals surface area contributed by atoms with E-state index < -0.39 is 0 Å². The second kappa shape index (κ2) is 13.8. The number of hydrogen-bond donors (Lipinski definition) is 0. The second-order valence-electron chi connectivity index (χ2n) is 15.4. The molecule has 0 saturated carbocycles. The van der Waals surface area contributed by atoms with Crippen molar-refractivity contribution in [2.45, 2.75) is 0 Å². The van der Waals surface area contributed by atoms with E-state index in [0.29, 0.717) is 0 Å². The molecule has 4 heteroatoms. The van der Waals surface area contributed by atoms with Gasteiger partial charge in [-0.1, -0.05) is 170 Å². The van der Waals surface area contributed by atoms with Crippen molar-refractivity contribution in [1.82, 2.24) is 19.9 Å². The number of fused-ring (bicyclic) bond motifs is 7. The minimum Gasteiger partial charge on any atom is -0.248 e. The van der Waals surface area contributed by atoms with Gasteiger partial charge in [-0.15, -0.1) is 0 Å². The average molecular weight is 763 g/mol. The number of rotatable bonds is 5. The molecule has 12 rings (SSSR count). The first-order valence-corrected chi connectivity index (χ1v) is 20.3. The van der Waals surface area contributed by atoms with Crippen LogP contribution in [0.4, 0.5) is 0 Å². The van der Waals surface area contributed by atoms with E-state index in [4.69, 9.17) is 19.9 Å². The van der Waals surface area contributed by atoms with E-state index in [-0.39, 0.29) is 0 Å². The van der Waals surface area contributed by atoms with Gasteiger partial charge >= 0.3 is 0 Å². The lowest BCUT2D eigenvalue weighted by Gasteiger charge is -2.13. The van der Waals surface area contributed by atoms with Crippen LogP contribution in [0.25, 0.3) is 121 Å². The topological polar surface area (TPSA) is 51.6 Å². The van der Waals surface area contributed by atoms with Gasteiger partial charge in [0.25, 0.3) is 0 Å². The first-order valence-electron chi connectivity index (χ1n) is 20.3. The van der Waals surface area contributed by atoms with Crippen LogP contribution >= 0.6 is 0 Å². The predicted molar refractivity (Wildman–Crippen MR) is 250 cm³/mol. The summed E-state index contributed by atoms with van der Waals surface area (Å²) in [4.78, 5) is 20.9. The van der Waals surface area contributed by atoms with Gasteiger partial charge in [-0.05, 0) is 69.1 Å². The molecule has 0 amide bonds. The third-order valence-electron chi connectivity index (χ3n) is 11.8. The summed E-state index contributed by atoms with van der Waals surface area (Å²) in [5.41, 5.74) is 14.0. The van der Waals surface area contributed by atoms with Crippen LogP contribution in [0, 0.1) is 0 Å². The predicted octanol–water partition coefficient (Wildman–Crippen LogP) is 14.5. The van der Waals surface area contributed by atoms with Crippen LogP contribution in [-0.2, 0) is 0 Å². The fourth-order valence-electron chi connectivity index (χ4n) is 8.78. The van der Waals surface area contributed by atoms with Crippen LogP contribution in [-0.4, -0.2) is 19.9 Å². The molecule has 0 saturated heterocycles. The molecule has 0 N–H and O–H groups in total. The van der Waals surface area contributed by atoms with Gasteiger partial charge in [-0.3, -0.25) is 0 Å². The Hall–Kier alpha value is -8.08. The number of benzene rings is 8. The lowest BCUT2D eigenvalue weighted by atomic mass is 9.95. The fourth-order valence-corrected chi connectivity index (χ4v) is 8.78. The van der Waals surface area contributed by atoms with Gasteiger partial charge in [-0.2, -0.15) is 0 Å². The van der Waals surface area contributed by atoms with Crippen LogP contribution in [0.3, 0.4) is 0 Å². The van der Waals surface area contributed by atoms with E-state index in [0.717, 1.165) is 105 Å². The quantitative estimate of drug-likeness (QED) is 0.164. The monoisotopic (exact) mass is 762 g/mol. The molecule has 4 heterocycles. The van der Waals surface area contributed by atoms with E-state index in [1.165, 1.54) is 16.3 Å². The van der Waals surface area contributed by atoms with E-state index in [9.17, 15) is 0 Å². The largest absolute Gasteiger partial charge is 0.248 e. The zero-order valence-corrected chi connectivity index (χ0v) is 32.4. The highest BCUT2D eigenvalue weighted by Gasteiger charge is 2.15. The molecular weight excluding hydrogens is 729 g/mol. The summed E-state index contributed by atoms with van der Waals surface area (Å²) in [7, 11) is 0. The molecular formula is C56H34N4. The molecule has 4 nitrogen and oxygen atoms in total. The average Bonchev–Trinajstić information content (AvgIpc) is 3.32. The lowest BCUT2D eigenvalue weighted by molar-refractivity contribution is 1.37. The Labute approximate surface area is 346 Å². The molecule has 0 spiro atoms. The number of nitrogens with zero attached hydrogens (tertiary/aromatic N) is 4. The van der Waals surface area contributed by atoms with E-state index in [2.05, 4.69) is 188 Å². The highest BCUT2D eigenvalue weighted by atomic mass is 14.8. The highest BCUT2D eigenvalue weighted by Crippen LogP contribution is 2.37. The molecule has 0 aliphatic carbocycles. The fraction of sp³-hybridized carbons (Fsp3) is 0. The SMILES string of the molecule is c1ccc(-c2ccc3ccc4ccc(-c5ccc(-c6ccc7ccc(-c8ccc9ccc(-c%10cccc%11ccccc%10%11)cc9n8)cc7n6)c6ccccc56)nc4c3n2)cc1. The number of pyridine rings is 4. The summed E-state index contributed by atoms with van der Waals surface area (Å²) in [5.74, 6) is 0. The van der Waals surface area contributed by atoms with E-state index >= 15 is 0 Å². The third kappa shape index (κ3) is 5.77. The van der Waals surface area contributed by atoms with E-state index in [1.54, 1.807) is 0 Å². The van der Waals surface area contributed by atoms with Gasteiger partial charge in [0.05, 0.1) is 44.8 Å². The van der Waals surface area contributed by atoms with Crippen molar-refractivity contribution in [2.75, 3.05) is 0 Å². The normalized spacial score (nSPS) is 11.7. The summed E-state index contributed by atoms with van der Waals surface area (Å²) < 4.78 is 0. The molecule has 0 bridgehead atoms. The van der Waals surface area contributed by atoms with Gasteiger partial charge in [0.2, 0.25) is 0 Å². The molecule has 0 aliphatic rings. The first kappa shape index (κ1) is 34.0. The number of aromatic nitrogens is 4. The molecule has 4 aromatic heterocycles. The van der Waals surface area contributed by atoms with Gasteiger partial charge in [0, 0.05) is 43.8 Å². The van der Waals surface area contributed by atoms with Crippen molar-refractivity contribution in [3.63, 3.8) is 0 Å². The third-order valence-corrected chi connectivity index (χ3v) is 11.8. The van der Waals surface area contributed by atoms with Crippen LogP contribution < -0.4 is 0 Å². The van der Waals surface area contributed by atoms with Crippen LogP contribution in [0.15, 0.2) is 206 Å². The first-order chi connectivity index (χ1) is 29.7. The van der Waals surface area contributed by atoms with Crippen molar-refractivity contribution in [3.8, 4) is 56.2 Å². The Morgan fingerprint density at radius 3 is 1.40 bits per heavy atom. The van der Waals surface area contributed by atoms with Gasteiger partial charge < -0.3 is 0 Å². The summed E-state index contributed by atoms with van der Waals surface area (Å²) >= 11 is 0. The van der Waals surface area contributed by atoms with Gasteiger partial charge in [0.15, 0.2) is 0 Å². The molecule has 0 aliphatic heterocycles. The molecule has 0 fully saturated rings. The van der Waals surface area contributed by atoms with Gasteiger partial charge in [0.1, 0.15) is 0 Å². The zero-order chi connectivity index (χ0) is 39.6. The van der Waals surface area contributed by atoms with Crippen molar-refractivity contribution < 1.29 is 0 Å². The molecule has 8 aromatic carbocycles. The van der Waals surface area contributed by atoms with Crippen LogP contribution in [0.5, 0.6) is 0 Å². The standard InChI is InChI=1S/C56H34N4/c1-2-10-36(11-3-1)49-30-25-39-19-20-40-26-32-52(60-56(40)55(39)59-49)48-28-27-47(45-14-6-7-15-46(45)48)51-31-24-38-18-22-42(34-54(38)58-51)50-29-23-37-17-21-41(33-53(37)57-50)44-16-8-12-35-9-4-5-13-43(35)44/h1-34H. The van der Waals surface area contributed by atoms with Crippen LogP contribution in [0.1, 0.15) is 0 Å². The smallest absolute Gasteiger partial charge is 0.0972 e. The summed E-state index contributed by atoms with van der Waals surface area (Å²) in [5, 5.41) is 9.05.